The second-order valence-electron chi connectivity index (χ2n) is 12.6. The molecule has 3 rings (SSSR count). The average molecular weight is 736 g/mol. The van der Waals surface area contributed by atoms with E-state index in [0.29, 0.717) is 65.7 Å². The maximum Gasteiger partial charge on any atom is 0.245 e. The highest BCUT2D eigenvalue weighted by Crippen LogP contribution is 2.45. The third-order valence-corrected chi connectivity index (χ3v) is 8.24. The van der Waals surface area contributed by atoms with Gasteiger partial charge < -0.3 is 44.4 Å². The molecule has 53 heavy (non-hydrogen) atoms. The number of unbranched alkanes of at least 4 members (excludes halogenated alkanes) is 1. The van der Waals surface area contributed by atoms with E-state index >= 15 is 0 Å². The van der Waals surface area contributed by atoms with Crippen LogP contribution < -0.4 is 25.4 Å². The molecule has 0 radical (unpaired) electrons. The third-order valence-electron chi connectivity index (χ3n) is 8.24. The fraction of sp³-hybridized carbons (Fsp3) is 0.488. The van der Waals surface area contributed by atoms with Gasteiger partial charge in [0.05, 0.1) is 39.6 Å². The summed E-state index contributed by atoms with van der Waals surface area (Å²) in [5.41, 5.74) is 7.97. The van der Waals surface area contributed by atoms with Crippen LogP contribution in [0.2, 0.25) is 0 Å². The molecule has 0 atom stereocenters. The first-order valence-corrected chi connectivity index (χ1v) is 18.2. The molecule has 0 aliphatic rings. The molecule has 0 bridgehead atoms. The Kier molecular flexibility index (Phi) is 19.4. The fourth-order valence-corrected chi connectivity index (χ4v) is 5.37. The van der Waals surface area contributed by atoms with Crippen molar-refractivity contribution in [1.82, 2.24) is 16.0 Å². The van der Waals surface area contributed by atoms with Crippen LogP contribution in [0.15, 0.2) is 48.5 Å². The van der Waals surface area contributed by atoms with Crippen molar-refractivity contribution in [2.75, 3.05) is 80.6 Å². The number of aryl methyl sites for hydroxylation is 3. The van der Waals surface area contributed by atoms with Crippen molar-refractivity contribution in [2.24, 2.45) is 0 Å². The Labute approximate surface area is 314 Å². The number of ether oxygens (including phenoxy) is 6. The molecular weight excluding hydrogens is 678 g/mol. The zero-order chi connectivity index (χ0) is 38.4. The van der Waals surface area contributed by atoms with E-state index in [2.05, 4.69) is 73.1 Å². The van der Waals surface area contributed by atoms with Crippen LogP contribution in [0.4, 0.5) is 0 Å². The zero-order valence-corrected chi connectivity index (χ0v) is 32.2. The van der Waals surface area contributed by atoms with Crippen LogP contribution >= 0.6 is 0 Å². The predicted molar refractivity (Wildman–Crippen MR) is 205 cm³/mol. The van der Waals surface area contributed by atoms with Crippen LogP contribution in [0.3, 0.4) is 0 Å². The van der Waals surface area contributed by atoms with Gasteiger partial charge in [-0.25, -0.2) is 0 Å². The van der Waals surface area contributed by atoms with E-state index in [1.165, 1.54) is 0 Å². The summed E-state index contributed by atoms with van der Waals surface area (Å²) in [7, 11) is 4.77. The second kappa shape index (κ2) is 23.9. The van der Waals surface area contributed by atoms with Crippen molar-refractivity contribution in [3.05, 3.63) is 70.8 Å². The molecule has 290 valence electrons. The van der Waals surface area contributed by atoms with Crippen LogP contribution in [-0.2, 0) is 39.9 Å². The lowest BCUT2D eigenvalue weighted by atomic mass is 9.91. The summed E-state index contributed by atoms with van der Waals surface area (Å²) in [6, 6.07) is 16.7. The Morgan fingerprint density at radius 1 is 0.509 bits per heavy atom. The maximum absolute atomic E-state index is 11.5. The van der Waals surface area contributed by atoms with Crippen molar-refractivity contribution in [3.63, 3.8) is 0 Å². The molecule has 3 aromatic rings. The van der Waals surface area contributed by atoms with Crippen LogP contribution in [0.25, 0.3) is 22.3 Å². The van der Waals surface area contributed by atoms with E-state index in [9.17, 15) is 14.4 Å². The summed E-state index contributed by atoms with van der Waals surface area (Å²) in [6.07, 6.45) is 2.43. The molecule has 0 fully saturated rings. The van der Waals surface area contributed by atoms with E-state index < -0.39 is 0 Å². The van der Waals surface area contributed by atoms with Gasteiger partial charge in [-0.3, -0.25) is 14.4 Å². The molecule has 3 N–H and O–H groups in total. The molecular formula is C41H57N3O9. The minimum Gasteiger partial charge on any atom is -0.493 e. The van der Waals surface area contributed by atoms with Crippen molar-refractivity contribution < 1.29 is 42.8 Å². The summed E-state index contributed by atoms with van der Waals surface area (Å²) < 4.78 is 35.7. The molecule has 0 aliphatic heterocycles. The number of hydrogen-bond donors (Lipinski definition) is 3. The predicted octanol–water partition coefficient (Wildman–Crippen LogP) is 5.07. The van der Waals surface area contributed by atoms with Crippen molar-refractivity contribution in [1.29, 1.82) is 0 Å². The van der Waals surface area contributed by atoms with Gasteiger partial charge in [0.1, 0.15) is 24.7 Å². The zero-order valence-electron chi connectivity index (χ0n) is 32.2. The van der Waals surface area contributed by atoms with E-state index in [1.807, 2.05) is 12.1 Å². The molecule has 0 spiro atoms. The van der Waals surface area contributed by atoms with Crippen LogP contribution in [0, 0.1) is 20.8 Å². The quantitative estimate of drug-likeness (QED) is 0.102. The molecule has 12 heteroatoms. The molecule has 0 saturated heterocycles. The number of rotatable bonds is 25. The third kappa shape index (κ3) is 15.2. The Morgan fingerprint density at radius 3 is 1.75 bits per heavy atom. The van der Waals surface area contributed by atoms with Crippen molar-refractivity contribution >= 4 is 17.7 Å². The summed E-state index contributed by atoms with van der Waals surface area (Å²) in [4.78, 5) is 34.5. The summed E-state index contributed by atoms with van der Waals surface area (Å²) in [6.45, 7) is 9.32. The summed E-state index contributed by atoms with van der Waals surface area (Å²) in [5.74, 6) is 1.07. The topological polar surface area (TPSA) is 143 Å². The van der Waals surface area contributed by atoms with Gasteiger partial charge in [0, 0.05) is 63.9 Å². The molecule has 0 heterocycles. The number of amides is 3. The van der Waals surface area contributed by atoms with Gasteiger partial charge in [0.25, 0.3) is 0 Å². The Morgan fingerprint density at radius 2 is 1.06 bits per heavy atom. The number of nitrogens with one attached hydrogen (secondary N) is 3. The van der Waals surface area contributed by atoms with E-state index in [4.69, 9.17) is 28.4 Å². The fourth-order valence-electron chi connectivity index (χ4n) is 5.37. The Bertz CT molecular complexity index is 1610. The first kappa shape index (κ1) is 42.9. The van der Waals surface area contributed by atoms with Gasteiger partial charge in [-0.15, -0.1) is 0 Å². The molecule has 3 amide bonds. The van der Waals surface area contributed by atoms with Gasteiger partial charge in [-0.2, -0.15) is 0 Å². The molecule has 0 aliphatic carbocycles. The Hall–Kier alpha value is -4.49. The molecule has 3 aromatic carbocycles. The highest BCUT2D eigenvalue weighted by atomic mass is 16.5. The summed E-state index contributed by atoms with van der Waals surface area (Å²) >= 11 is 0. The monoisotopic (exact) mass is 735 g/mol. The van der Waals surface area contributed by atoms with Gasteiger partial charge in [-0.05, 0) is 74.6 Å². The lowest BCUT2D eigenvalue weighted by molar-refractivity contribution is -0.126. The SMILES string of the molecule is CNC(=O)CCOCCCOc1ccc(C)cc1-c1cc(C)cc(-c2cc(C)ccc2COCCOCC(=O)NC)c1OCCCCOCC(=O)NC. The van der Waals surface area contributed by atoms with E-state index in [0.717, 1.165) is 68.8 Å². The molecule has 0 unspecified atom stereocenters. The number of carbonyl (C=O) groups is 3. The lowest BCUT2D eigenvalue weighted by Gasteiger charge is -2.22. The standard InChI is InChI=1S/C41H57N3O9/c1-29-10-12-32(26-50-20-21-51-28-40(47)44-6)33(22-29)35-24-31(3)25-36(41(35)53-17-8-7-15-49-27-39(46)43-5)34-23-30(2)11-13-37(34)52-18-9-16-48-19-14-38(45)42-4/h10-13,22-25H,7-9,14-21,26-28H2,1-6H3,(H,42,45)(H,43,46)(H,44,47). The second-order valence-corrected chi connectivity index (χ2v) is 12.6. The van der Waals surface area contributed by atoms with E-state index in [-0.39, 0.29) is 30.9 Å². The average Bonchev–Trinajstić information content (AvgIpc) is 3.15. The number of hydrogen-bond acceptors (Lipinski definition) is 9. The smallest absolute Gasteiger partial charge is 0.245 e. The van der Waals surface area contributed by atoms with Crippen LogP contribution in [-0.4, -0.2) is 98.3 Å². The molecule has 0 aromatic heterocycles. The first-order valence-electron chi connectivity index (χ1n) is 18.2. The molecule has 0 saturated carbocycles. The highest BCUT2D eigenvalue weighted by Gasteiger charge is 2.20. The molecule has 12 nitrogen and oxygen atoms in total. The number of likely N-dealkylation sites (N-methyl/N-ethyl adjacent to an activating group) is 2. The van der Waals surface area contributed by atoms with E-state index in [1.54, 1.807) is 21.1 Å². The Balaban J connectivity index is 1.91. The van der Waals surface area contributed by atoms with Crippen molar-refractivity contribution in [2.45, 2.75) is 53.1 Å². The highest BCUT2D eigenvalue weighted by molar-refractivity contribution is 5.87. The van der Waals surface area contributed by atoms with Crippen LogP contribution in [0.5, 0.6) is 11.5 Å². The van der Waals surface area contributed by atoms with Crippen LogP contribution in [0.1, 0.15) is 47.9 Å². The minimum atomic E-state index is -0.185. The minimum absolute atomic E-state index is 0.0137. The van der Waals surface area contributed by atoms with Gasteiger partial charge >= 0.3 is 0 Å². The van der Waals surface area contributed by atoms with Crippen molar-refractivity contribution in [3.8, 4) is 33.8 Å². The van der Waals surface area contributed by atoms with Gasteiger partial charge in [-0.1, -0.05) is 35.4 Å². The van der Waals surface area contributed by atoms with Gasteiger partial charge in [0.2, 0.25) is 17.7 Å². The largest absolute Gasteiger partial charge is 0.493 e. The maximum atomic E-state index is 11.5. The first-order chi connectivity index (χ1) is 25.7. The summed E-state index contributed by atoms with van der Waals surface area (Å²) in [5, 5.41) is 7.70. The number of benzene rings is 3. The van der Waals surface area contributed by atoms with Gasteiger partial charge in [0.15, 0.2) is 0 Å². The normalized spacial score (nSPS) is 10.9. The lowest BCUT2D eigenvalue weighted by Crippen LogP contribution is -2.24. The number of carbonyl (C=O) groups excluding carboxylic acids is 3.